The van der Waals surface area contributed by atoms with E-state index in [1.165, 1.54) is 0 Å². The molecule has 0 fully saturated rings. The van der Waals surface area contributed by atoms with Crippen LogP contribution in [0.1, 0.15) is 45.3 Å². The van der Waals surface area contributed by atoms with Crippen LogP contribution >= 0.6 is 11.6 Å². The van der Waals surface area contributed by atoms with Gasteiger partial charge in [-0.05, 0) is 61.2 Å². The molecule has 0 saturated carbocycles. The highest BCUT2D eigenvalue weighted by atomic mass is 35.5. The molecule has 0 radical (unpaired) electrons. The van der Waals surface area contributed by atoms with Gasteiger partial charge in [-0.1, -0.05) is 23.7 Å². The zero-order valence-corrected chi connectivity index (χ0v) is 18.6. The topological polar surface area (TPSA) is 68.3 Å². The molecule has 0 unspecified atom stereocenters. The van der Waals surface area contributed by atoms with Crippen molar-refractivity contribution in [3.05, 3.63) is 98.4 Å². The number of aromatic nitrogens is 2. The van der Waals surface area contributed by atoms with E-state index in [1.54, 1.807) is 23.5 Å². The van der Waals surface area contributed by atoms with Gasteiger partial charge in [-0.2, -0.15) is 0 Å². The monoisotopic (exact) mass is 447 g/mol. The predicted molar refractivity (Wildman–Crippen MR) is 123 cm³/mol. The highest BCUT2D eigenvalue weighted by Gasteiger charge is 2.42. The number of halogens is 1. The number of imidazole rings is 1. The Morgan fingerprint density at radius 1 is 1.09 bits per heavy atom. The molecule has 2 aromatic carbocycles. The average molecular weight is 448 g/mol. The summed E-state index contributed by atoms with van der Waals surface area (Å²) in [7, 11) is 0. The van der Waals surface area contributed by atoms with Crippen LogP contribution in [0.4, 0.5) is 0 Å². The Labute approximate surface area is 190 Å². The van der Waals surface area contributed by atoms with Crippen molar-refractivity contribution >= 4 is 28.5 Å². The Balaban J connectivity index is 1.63. The van der Waals surface area contributed by atoms with Gasteiger partial charge in [-0.3, -0.25) is 9.59 Å². The fourth-order valence-corrected chi connectivity index (χ4v) is 4.57. The van der Waals surface area contributed by atoms with E-state index in [-0.39, 0.29) is 17.1 Å². The van der Waals surface area contributed by atoms with Gasteiger partial charge in [0, 0.05) is 30.5 Å². The molecule has 6 nitrogen and oxygen atoms in total. The number of hydrogen-bond acceptors (Lipinski definition) is 4. The van der Waals surface area contributed by atoms with Crippen molar-refractivity contribution in [1.29, 1.82) is 0 Å². The van der Waals surface area contributed by atoms with E-state index in [0.29, 0.717) is 41.1 Å². The van der Waals surface area contributed by atoms with Crippen molar-refractivity contribution in [2.45, 2.75) is 32.9 Å². The van der Waals surface area contributed by atoms with Gasteiger partial charge >= 0.3 is 0 Å². The van der Waals surface area contributed by atoms with Crippen LogP contribution in [0.25, 0.3) is 11.0 Å². The zero-order valence-electron chi connectivity index (χ0n) is 17.8. The molecule has 7 heteroatoms. The van der Waals surface area contributed by atoms with Gasteiger partial charge in [-0.25, -0.2) is 4.98 Å². The van der Waals surface area contributed by atoms with Gasteiger partial charge < -0.3 is 13.9 Å². The number of carbonyl (C=O) groups is 1. The SMILES string of the molecule is Cc1cc2oc3c(c(=O)c2cc1C)[C@@H](c1cccc(Cl)c1)N(CCCn1ccnc1)C3=O. The van der Waals surface area contributed by atoms with Crippen LogP contribution in [0.15, 0.2) is 64.3 Å². The second-order valence-corrected chi connectivity index (χ2v) is 8.65. The van der Waals surface area contributed by atoms with E-state index >= 15 is 0 Å². The number of rotatable bonds is 5. The number of fused-ring (bicyclic) bond motifs is 2. The Hall–Kier alpha value is -3.38. The molecule has 1 amide bonds. The van der Waals surface area contributed by atoms with Crippen LogP contribution in [0.2, 0.25) is 5.02 Å². The minimum Gasteiger partial charge on any atom is -0.450 e. The van der Waals surface area contributed by atoms with Crippen molar-refractivity contribution in [2.24, 2.45) is 0 Å². The molecule has 32 heavy (non-hydrogen) atoms. The molecule has 1 aliphatic rings. The first-order chi connectivity index (χ1) is 15.4. The lowest BCUT2D eigenvalue weighted by atomic mass is 9.97. The minimum atomic E-state index is -0.541. The van der Waals surface area contributed by atoms with Crippen molar-refractivity contribution in [2.75, 3.05) is 6.54 Å². The Morgan fingerprint density at radius 2 is 1.91 bits per heavy atom. The van der Waals surface area contributed by atoms with Crippen molar-refractivity contribution < 1.29 is 9.21 Å². The van der Waals surface area contributed by atoms with Gasteiger partial charge in [0.1, 0.15) is 5.58 Å². The number of aryl methyl sites for hydroxylation is 3. The quantitative estimate of drug-likeness (QED) is 0.436. The summed E-state index contributed by atoms with van der Waals surface area (Å²) in [4.78, 5) is 32.8. The Morgan fingerprint density at radius 3 is 2.66 bits per heavy atom. The minimum absolute atomic E-state index is 0.123. The van der Waals surface area contributed by atoms with E-state index in [1.807, 2.05) is 54.9 Å². The lowest BCUT2D eigenvalue weighted by molar-refractivity contribution is 0.0723. The van der Waals surface area contributed by atoms with Crippen LogP contribution in [0, 0.1) is 13.8 Å². The van der Waals surface area contributed by atoms with Gasteiger partial charge in [-0.15, -0.1) is 0 Å². The van der Waals surface area contributed by atoms with Gasteiger partial charge in [0.05, 0.1) is 23.3 Å². The fourth-order valence-electron chi connectivity index (χ4n) is 4.37. The molecule has 162 valence electrons. The number of amides is 1. The Bertz CT molecular complexity index is 1390. The van der Waals surface area contributed by atoms with Crippen molar-refractivity contribution in [3.63, 3.8) is 0 Å². The van der Waals surface area contributed by atoms with Gasteiger partial charge in [0.15, 0.2) is 5.43 Å². The van der Waals surface area contributed by atoms with E-state index in [2.05, 4.69) is 4.98 Å². The third-order valence-corrected chi connectivity index (χ3v) is 6.36. The van der Waals surface area contributed by atoms with Gasteiger partial charge in [0.25, 0.3) is 5.91 Å². The van der Waals surface area contributed by atoms with E-state index in [4.69, 9.17) is 16.0 Å². The largest absolute Gasteiger partial charge is 0.450 e. The molecule has 1 atom stereocenters. The van der Waals surface area contributed by atoms with E-state index in [9.17, 15) is 9.59 Å². The highest BCUT2D eigenvalue weighted by molar-refractivity contribution is 6.30. The number of benzene rings is 2. The Kier molecular flexibility index (Phi) is 5.10. The molecule has 1 aliphatic heterocycles. The molecule has 0 N–H and O–H groups in total. The molecule has 0 saturated heterocycles. The summed E-state index contributed by atoms with van der Waals surface area (Å²) in [5, 5.41) is 1.05. The maximum atomic E-state index is 13.6. The van der Waals surface area contributed by atoms with Crippen LogP contribution in [0.3, 0.4) is 0 Å². The molecule has 2 aromatic heterocycles. The van der Waals surface area contributed by atoms with Crippen LogP contribution in [0.5, 0.6) is 0 Å². The average Bonchev–Trinajstić information content (AvgIpc) is 3.37. The summed E-state index contributed by atoms with van der Waals surface area (Å²) in [6.07, 6.45) is 6.07. The third kappa shape index (κ3) is 3.41. The zero-order chi connectivity index (χ0) is 22.4. The molecule has 0 aliphatic carbocycles. The summed E-state index contributed by atoms with van der Waals surface area (Å²) in [5.74, 6) is -0.147. The lowest BCUT2D eigenvalue weighted by Gasteiger charge is -2.25. The third-order valence-electron chi connectivity index (χ3n) is 6.12. The smallest absolute Gasteiger partial charge is 0.290 e. The number of nitrogens with zero attached hydrogens (tertiary/aromatic N) is 3. The van der Waals surface area contributed by atoms with Crippen LogP contribution < -0.4 is 5.43 Å². The first kappa shape index (κ1) is 20.5. The second-order valence-electron chi connectivity index (χ2n) is 8.22. The summed E-state index contributed by atoms with van der Waals surface area (Å²) < 4.78 is 8.02. The first-order valence-electron chi connectivity index (χ1n) is 10.5. The highest BCUT2D eigenvalue weighted by Crippen LogP contribution is 2.39. The normalized spacial score (nSPS) is 15.5. The van der Waals surface area contributed by atoms with E-state index < -0.39 is 6.04 Å². The predicted octanol–water partition coefficient (Wildman–Crippen LogP) is 4.90. The van der Waals surface area contributed by atoms with Crippen molar-refractivity contribution in [1.82, 2.24) is 14.5 Å². The second kappa shape index (κ2) is 7.95. The van der Waals surface area contributed by atoms with Crippen molar-refractivity contribution in [3.8, 4) is 0 Å². The fraction of sp³-hybridized carbons (Fsp3) is 0.240. The number of carbonyl (C=O) groups excluding carboxylic acids is 1. The molecule has 0 spiro atoms. The molecule has 4 aromatic rings. The maximum Gasteiger partial charge on any atom is 0.290 e. The lowest BCUT2D eigenvalue weighted by Crippen LogP contribution is -2.31. The molecular formula is C25H22ClN3O3. The standard InChI is InChI=1S/C25H22ClN3O3/c1-15-11-19-20(12-16(15)2)32-24-21(23(19)30)22(17-5-3-6-18(26)13-17)29(25(24)31)9-4-8-28-10-7-27-14-28/h3,5-7,10-14,22H,4,8-9H2,1-2H3/t22-/m1/s1. The summed E-state index contributed by atoms with van der Waals surface area (Å²) in [6, 6.07) is 10.4. The summed E-state index contributed by atoms with van der Waals surface area (Å²) >= 11 is 6.26. The number of hydrogen-bond donors (Lipinski definition) is 0. The maximum absolute atomic E-state index is 13.6. The summed E-state index contributed by atoms with van der Waals surface area (Å²) in [6.45, 7) is 5.10. The van der Waals surface area contributed by atoms with Crippen LogP contribution in [-0.2, 0) is 6.54 Å². The summed E-state index contributed by atoms with van der Waals surface area (Å²) in [5.41, 5.74) is 3.47. The van der Waals surface area contributed by atoms with Gasteiger partial charge in [0.2, 0.25) is 5.76 Å². The molecule has 3 heterocycles. The first-order valence-corrected chi connectivity index (χ1v) is 10.9. The van der Waals surface area contributed by atoms with Crippen LogP contribution in [-0.4, -0.2) is 26.9 Å². The van der Waals surface area contributed by atoms with E-state index in [0.717, 1.165) is 16.7 Å². The molecule has 5 rings (SSSR count). The molecule has 0 bridgehead atoms. The molecular weight excluding hydrogens is 426 g/mol.